The molecule has 0 saturated carbocycles. The quantitative estimate of drug-likeness (QED) is 0.448. The van der Waals surface area contributed by atoms with E-state index in [1.54, 1.807) is 25.1 Å². The zero-order valence-corrected chi connectivity index (χ0v) is 18.2. The summed E-state index contributed by atoms with van der Waals surface area (Å²) in [5.74, 6) is -0.638. The molecule has 1 aliphatic heterocycles. The number of hydrogen-bond donors (Lipinski definition) is 0. The van der Waals surface area contributed by atoms with Gasteiger partial charge in [0.15, 0.2) is 0 Å². The fourth-order valence-electron chi connectivity index (χ4n) is 3.76. The molecule has 2 aromatic carbocycles. The van der Waals surface area contributed by atoms with E-state index in [9.17, 15) is 14.0 Å². The third-order valence-electron chi connectivity index (χ3n) is 5.26. The molecule has 0 spiro atoms. The van der Waals surface area contributed by atoms with Crippen molar-refractivity contribution in [3.63, 3.8) is 0 Å². The smallest absolute Gasteiger partial charge is 0.293 e. The molecular formula is C23H20ClFN2O2S. The number of hydrogen-bond acceptors (Lipinski definition) is 3. The lowest BCUT2D eigenvalue weighted by atomic mass is 10.1. The number of thioether (sulfide) groups is 1. The van der Waals surface area contributed by atoms with Crippen molar-refractivity contribution in [2.24, 2.45) is 0 Å². The van der Waals surface area contributed by atoms with Gasteiger partial charge in [0.25, 0.3) is 11.1 Å². The molecule has 2 heterocycles. The zero-order valence-electron chi connectivity index (χ0n) is 16.6. The maximum Gasteiger partial charge on any atom is 0.293 e. The van der Waals surface area contributed by atoms with Gasteiger partial charge in [0, 0.05) is 34.3 Å². The fourth-order valence-corrected chi connectivity index (χ4v) is 4.87. The highest BCUT2D eigenvalue weighted by atomic mass is 35.5. The van der Waals surface area contributed by atoms with E-state index in [4.69, 9.17) is 11.6 Å². The molecule has 0 aliphatic carbocycles. The Bertz CT molecular complexity index is 1180. The van der Waals surface area contributed by atoms with Gasteiger partial charge in [0.1, 0.15) is 5.82 Å². The summed E-state index contributed by atoms with van der Waals surface area (Å²) in [6, 6.07) is 10.6. The molecule has 1 aromatic heterocycles. The lowest BCUT2D eigenvalue weighted by molar-refractivity contribution is -0.122. The number of nitrogens with zero attached hydrogens (tertiary/aromatic N) is 2. The minimum absolute atomic E-state index is 0.259. The van der Waals surface area contributed by atoms with Crippen LogP contribution in [0.1, 0.15) is 30.5 Å². The van der Waals surface area contributed by atoms with E-state index < -0.39 is 0 Å². The number of rotatable bonds is 5. The number of aryl methyl sites for hydroxylation is 1. The van der Waals surface area contributed by atoms with Crippen molar-refractivity contribution in [2.75, 3.05) is 6.54 Å². The maximum atomic E-state index is 14.4. The van der Waals surface area contributed by atoms with Gasteiger partial charge in [-0.15, -0.1) is 0 Å². The number of likely N-dealkylation sites (N-methyl/N-ethyl adjacent to an activating group) is 1. The zero-order chi connectivity index (χ0) is 21.4. The van der Waals surface area contributed by atoms with Crippen LogP contribution in [0.15, 0.2) is 47.5 Å². The Morgan fingerprint density at radius 3 is 2.57 bits per heavy atom. The lowest BCUT2D eigenvalue weighted by Gasteiger charge is -2.11. The van der Waals surface area contributed by atoms with Crippen LogP contribution in [0.3, 0.4) is 0 Å². The second-order valence-electron chi connectivity index (χ2n) is 7.01. The molecule has 3 aromatic rings. The summed E-state index contributed by atoms with van der Waals surface area (Å²) < 4.78 is 16.4. The predicted octanol–water partition coefficient (Wildman–Crippen LogP) is 6.10. The number of halogens is 2. The third kappa shape index (κ3) is 3.55. The molecule has 1 aliphatic rings. The molecule has 7 heteroatoms. The predicted molar refractivity (Wildman–Crippen MR) is 120 cm³/mol. The molecule has 0 atom stereocenters. The minimum atomic E-state index is -0.357. The SMILES string of the molecule is CCc1cccc2c(/C=C3\SC(=O)N(CC)C3=O)cn(Cc3c(F)cccc3Cl)c12. The Hall–Kier alpha value is -2.57. The number of imide groups is 1. The standard InChI is InChI=1S/C23H20ClFN2O2S/c1-3-14-7-5-8-16-15(11-20-22(28)27(4-2)23(29)30-20)12-26(21(14)16)13-17-18(24)9-6-10-19(17)25/h5-12H,3-4,13H2,1-2H3/b20-11-. The van der Waals surface area contributed by atoms with E-state index in [1.807, 2.05) is 29.0 Å². The first-order valence-corrected chi connectivity index (χ1v) is 10.9. The number of fused-ring (bicyclic) bond motifs is 1. The van der Waals surface area contributed by atoms with Crippen molar-refractivity contribution < 1.29 is 14.0 Å². The van der Waals surface area contributed by atoms with Crippen molar-refractivity contribution in [1.82, 2.24) is 9.47 Å². The van der Waals surface area contributed by atoms with Crippen LogP contribution < -0.4 is 0 Å². The summed E-state index contributed by atoms with van der Waals surface area (Å²) in [5.41, 5.74) is 3.32. The van der Waals surface area contributed by atoms with Crippen molar-refractivity contribution in [2.45, 2.75) is 26.8 Å². The van der Waals surface area contributed by atoms with E-state index in [0.29, 0.717) is 22.0 Å². The van der Waals surface area contributed by atoms with Crippen LogP contribution in [0.2, 0.25) is 5.02 Å². The molecular weight excluding hydrogens is 423 g/mol. The van der Waals surface area contributed by atoms with Gasteiger partial charge < -0.3 is 4.57 Å². The molecule has 2 amide bonds. The Kier molecular flexibility index (Phi) is 5.71. The van der Waals surface area contributed by atoms with Crippen LogP contribution in [0.25, 0.3) is 17.0 Å². The summed E-state index contributed by atoms with van der Waals surface area (Å²) >= 11 is 7.21. The van der Waals surface area contributed by atoms with E-state index in [-0.39, 0.29) is 23.5 Å². The molecule has 4 rings (SSSR count). The lowest BCUT2D eigenvalue weighted by Crippen LogP contribution is -2.27. The van der Waals surface area contributed by atoms with Crippen LogP contribution in [0.4, 0.5) is 9.18 Å². The highest BCUT2D eigenvalue weighted by Gasteiger charge is 2.34. The van der Waals surface area contributed by atoms with Crippen molar-refractivity contribution in [3.8, 4) is 0 Å². The Morgan fingerprint density at radius 2 is 1.90 bits per heavy atom. The Labute approximate surface area is 183 Å². The molecule has 4 nitrogen and oxygen atoms in total. The number of carbonyl (C=O) groups is 2. The monoisotopic (exact) mass is 442 g/mol. The maximum absolute atomic E-state index is 14.4. The first kappa shape index (κ1) is 20.7. The van der Waals surface area contributed by atoms with Gasteiger partial charge in [-0.2, -0.15) is 0 Å². The van der Waals surface area contributed by atoms with Crippen LogP contribution in [0, 0.1) is 5.82 Å². The number of benzene rings is 2. The molecule has 1 saturated heterocycles. The van der Waals surface area contributed by atoms with Crippen molar-refractivity contribution in [1.29, 1.82) is 0 Å². The molecule has 0 bridgehead atoms. The highest BCUT2D eigenvalue weighted by molar-refractivity contribution is 8.18. The molecule has 30 heavy (non-hydrogen) atoms. The number of aromatic nitrogens is 1. The molecule has 154 valence electrons. The van der Waals surface area contributed by atoms with Gasteiger partial charge in [0.05, 0.1) is 17.0 Å². The first-order chi connectivity index (χ1) is 14.4. The fraction of sp³-hybridized carbons (Fsp3) is 0.217. The Morgan fingerprint density at radius 1 is 1.13 bits per heavy atom. The van der Waals surface area contributed by atoms with E-state index >= 15 is 0 Å². The van der Waals surface area contributed by atoms with Crippen LogP contribution in [0.5, 0.6) is 0 Å². The summed E-state index contributed by atoms with van der Waals surface area (Å²) in [6.07, 6.45) is 4.45. The number of para-hydroxylation sites is 1. The normalized spacial score (nSPS) is 15.7. The number of carbonyl (C=O) groups excluding carboxylic acids is 2. The first-order valence-electron chi connectivity index (χ1n) is 9.73. The Balaban J connectivity index is 1.86. The van der Waals surface area contributed by atoms with Crippen molar-refractivity contribution in [3.05, 3.63) is 75.0 Å². The summed E-state index contributed by atoms with van der Waals surface area (Å²) in [7, 11) is 0. The van der Waals surface area contributed by atoms with Crippen molar-refractivity contribution >= 4 is 51.5 Å². The number of amides is 2. The summed E-state index contributed by atoms with van der Waals surface area (Å²) in [6.45, 7) is 4.45. The molecule has 0 unspecified atom stereocenters. The molecule has 0 radical (unpaired) electrons. The topological polar surface area (TPSA) is 42.3 Å². The van der Waals surface area contributed by atoms with Gasteiger partial charge in [-0.1, -0.05) is 42.8 Å². The molecule has 0 N–H and O–H groups in total. The molecule has 1 fully saturated rings. The highest BCUT2D eigenvalue weighted by Crippen LogP contribution is 2.35. The second-order valence-corrected chi connectivity index (χ2v) is 8.41. The van der Waals surface area contributed by atoms with Crippen LogP contribution in [-0.4, -0.2) is 27.2 Å². The van der Waals surface area contributed by atoms with Crippen LogP contribution >= 0.6 is 23.4 Å². The largest absolute Gasteiger partial charge is 0.342 e. The van der Waals surface area contributed by atoms with E-state index in [1.165, 1.54) is 11.0 Å². The second kappa shape index (κ2) is 8.28. The average Bonchev–Trinajstić information content (AvgIpc) is 3.21. The van der Waals surface area contributed by atoms with Gasteiger partial charge in [-0.05, 0) is 48.9 Å². The van der Waals surface area contributed by atoms with Gasteiger partial charge in [-0.25, -0.2) is 4.39 Å². The van der Waals surface area contributed by atoms with Gasteiger partial charge in [0.2, 0.25) is 0 Å². The summed E-state index contributed by atoms with van der Waals surface area (Å²) in [5, 5.41) is 1.06. The van der Waals surface area contributed by atoms with E-state index in [0.717, 1.165) is 40.2 Å². The van der Waals surface area contributed by atoms with Gasteiger partial charge in [-0.3, -0.25) is 14.5 Å². The van der Waals surface area contributed by atoms with E-state index in [2.05, 4.69) is 6.92 Å². The van der Waals surface area contributed by atoms with Gasteiger partial charge >= 0.3 is 0 Å². The average molecular weight is 443 g/mol. The third-order valence-corrected chi connectivity index (χ3v) is 6.52. The summed E-state index contributed by atoms with van der Waals surface area (Å²) in [4.78, 5) is 26.2. The minimum Gasteiger partial charge on any atom is -0.342 e. The van der Waals surface area contributed by atoms with Crippen LogP contribution in [-0.2, 0) is 17.8 Å².